The van der Waals surface area contributed by atoms with Crippen LogP contribution in [-0.4, -0.2) is 13.2 Å². The lowest BCUT2D eigenvalue weighted by atomic mass is 9.77. The lowest BCUT2D eigenvalue weighted by Gasteiger charge is -2.36. The Bertz CT molecular complexity index is 136. The molecule has 1 aliphatic carbocycles. The van der Waals surface area contributed by atoms with Gasteiger partial charge >= 0.3 is 0 Å². The monoisotopic (exact) mass is 183 g/mol. The third kappa shape index (κ3) is 2.49. The maximum Gasteiger partial charge on any atom is 0.0213 e. The van der Waals surface area contributed by atoms with Crippen LogP contribution in [0.4, 0.5) is 0 Å². The average Bonchev–Trinajstić information content (AvgIpc) is 2.03. The molecule has 1 unspecified atom stereocenters. The SMILES string of the molecule is [B-][PH2+][C@@H]1C[C@H](C)CC[C@H]1C(C)C. The molecule has 1 fully saturated rings. The second kappa shape index (κ2) is 4.65. The van der Waals surface area contributed by atoms with Gasteiger partial charge in [-0.05, 0) is 30.6 Å². The van der Waals surface area contributed by atoms with E-state index in [0.717, 1.165) is 23.4 Å². The average molecular weight is 183 g/mol. The minimum atomic E-state index is 0.206. The number of hydrogen-bond donors (Lipinski definition) is 0. The molecule has 0 N–H and O–H groups in total. The summed E-state index contributed by atoms with van der Waals surface area (Å²) in [4.78, 5) is 0. The Morgan fingerprint density at radius 2 is 2.00 bits per heavy atom. The fourth-order valence-corrected chi connectivity index (χ4v) is 4.04. The maximum atomic E-state index is 5.88. The molecule has 4 atom stereocenters. The van der Waals surface area contributed by atoms with Gasteiger partial charge < -0.3 is 7.57 Å². The lowest BCUT2D eigenvalue weighted by Crippen LogP contribution is -2.28. The highest BCUT2D eigenvalue weighted by Crippen LogP contribution is 2.41. The smallest absolute Gasteiger partial charge is 0.0213 e. The molecule has 0 bridgehead atoms. The van der Waals surface area contributed by atoms with Gasteiger partial charge in [0.15, 0.2) is 0 Å². The predicted molar refractivity (Wildman–Crippen MR) is 60.6 cm³/mol. The first-order chi connectivity index (χ1) is 5.65. The summed E-state index contributed by atoms with van der Waals surface area (Å²) in [7, 11) is 6.08. The first-order valence-electron chi connectivity index (χ1n) is 5.20. The molecule has 1 saturated carbocycles. The Labute approximate surface area is 80.0 Å². The van der Waals surface area contributed by atoms with E-state index in [-0.39, 0.29) is 8.46 Å². The van der Waals surface area contributed by atoms with E-state index in [1.807, 2.05) is 0 Å². The predicted octanol–water partition coefficient (Wildman–Crippen LogP) is 2.94. The van der Waals surface area contributed by atoms with Gasteiger partial charge in [0.05, 0.1) is 0 Å². The molecule has 12 heavy (non-hydrogen) atoms. The van der Waals surface area contributed by atoms with E-state index < -0.39 is 0 Å². The van der Waals surface area contributed by atoms with Crippen LogP contribution in [0.1, 0.15) is 40.0 Å². The van der Waals surface area contributed by atoms with Crippen molar-refractivity contribution in [3.63, 3.8) is 0 Å². The van der Waals surface area contributed by atoms with Crippen LogP contribution in [0.15, 0.2) is 0 Å². The zero-order valence-electron chi connectivity index (χ0n) is 8.59. The standard InChI is InChI=1S/C10H21BP/c1-7(2)9-5-4-8(3)6-10(9)12-11/h7-10H,4-6,12H2,1-3H3/t8-,9+,10-/m1/s1. The molecular formula is C10H21BP. The van der Waals surface area contributed by atoms with Crippen LogP contribution in [0.25, 0.3) is 0 Å². The molecule has 0 amide bonds. The Hall–Kier alpha value is 0.495. The first kappa shape index (κ1) is 10.6. The highest BCUT2D eigenvalue weighted by Gasteiger charge is 2.29. The van der Waals surface area contributed by atoms with Gasteiger partial charge in [0, 0.05) is 5.66 Å². The van der Waals surface area contributed by atoms with Gasteiger partial charge in [-0.25, -0.2) is 0 Å². The number of rotatable bonds is 2. The largest absolute Gasteiger partial charge is 0.313 e. The molecule has 0 aliphatic heterocycles. The molecule has 1 rings (SSSR count). The molecule has 0 saturated heterocycles. The second-order valence-electron chi connectivity index (χ2n) is 4.68. The summed E-state index contributed by atoms with van der Waals surface area (Å²) in [6, 6.07) is 0. The Morgan fingerprint density at radius 1 is 1.33 bits per heavy atom. The summed E-state index contributed by atoms with van der Waals surface area (Å²) >= 11 is 0. The van der Waals surface area contributed by atoms with Crippen LogP contribution in [0, 0.1) is 17.8 Å². The van der Waals surface area contributed by atoms with Crippen LogP contribution in [-0.2, 0) is 0 Å². The fourth-order valence-electron chi connectivity index (χ4n) is 2.50. The van der Waals surface area contributed by atoms with Crippen LogP contribution in [0.2, 0.25) is 0 Å². The Kier molecular flexibility index (Phi) is 4.10. The van der Waals surface area contributed by atoms with Crippen LogP contribution in [0.3, 0.4) is 0 Å². The molecule has 0 aromatic carbocycles. The van der Waals surface area contributed by atoms with E-state index in [1.54, 1.807) is 0 Å². The third-order valence-corrected chi connectivity index (χ3v) is 4.58. The lowest BCUT2D eigenvalue weighted by molar-refractivity contribution is 0.243. The highest BCUT2D eigenvalue weighted by atomic mass is 31.1. The van der Waals surface area contributed by atoms with Crippen molar-refractivity contribution >= 4 is 16.0 Å². The van der Waals surface area contributed by atoms with Crippen LogP contribution in [0.5, 0.6) is 0 Å². The van der Waals surface area contributed by atoms with Crippen molar-refractivity contribution in [1.82, 2.24) is 0 Å². The topological polar surface area (TPSA) is 0 Å². The quantitative estimate of drug-likeness (QED) is 0.456. The van der Waals surface area contributed by atoms with Crippen molar-refractivity contribution in [3.05, 3.63) is 0 Å². The maximum absolute atomic E-state index is 5.88. The Balaban J connectivity index is 2.50. The molecule has 2 heteroatoms. The van der Waals surface area contributed by atoms with Crippen molar-refractivity contribution in [2.24, 2.45) is 17.8 Å². The van der Waals surface area contributed by atoms with Gasteiger partial charge in [0.1, 0.15) is 0 Å². The normalized spacial score (nSPS) is 38.2. The number of hydrogen-bond acceptors (Lipinski definition) is 0. The van der Waals surface area contributed by atoms with Gasteiger partial charge in [-0.3, -0.25) is 8.46 Å². The highest BCUT2D eigenvalue weighted by molar-refractivity contribution is 7.66. The van der Waals surface area contributed by atoms with E-state index in [9.17, 15) is 0 Å². The molecule has 0 aromatic rings. The van der Waals surface area contributed by atoms with Crippen molar-refractivity contribution < 1.29 is 0 Å². The van der Waals surface area contributed by atoms with Gasteiger partial charge in [0.2, 0.25) is 0 Å². The zero-order valence-corrected chi connectivity index (χ0v) is 9.74. The summed E-state index contributed by atoms with van der Waals surface area (Å²) < 4.78 is 0. The second-order valence-corrected chi connectivity index (χ2v) is 5.92. The molecule has 0 spiro atoms. The van der Waals surface area contributed by atoms with Gasteiger partial charge in [-0.2, -0.15) is 0 Å². The first-order valence-corrected chi connectivity index (χ1v) is 6.53. The van der Waals surface area contributed by atoms with Crippen molar-refractivity contribution in [2.75, 3.05) is 0 Å². The molecule has 0 aromatic heterocycles. The van der Waals surface area contributed by atoms with Gasteiger partial charge in [0.25, 0.3) is 0 Å². The van der Waals surface area contributed by atoms with E-state index in [1.165, 1.54) is 19.3 Å². The molecule has 1 aliphatic rings. The minimum Gasteiger partial charge on any atom is -0.313 e. The van der Waals surface area contributed by atoms with E-state index >= 15 is 0 Å². The van der Waals surface area contributed by atoms with Crippen LogP contribution < -0.4 is 0 Å². The fraction of sp³-hybridized carbons (Fsp3) is 1.00. The minimum absolute atomic E-state index is 0.206. The molecule has 69 valence electrons. The van der Waals surface area contributed by atoms with Crippen molar-refractivity contribution in [2.45, 2.75) is 45.7 Å². The van der Waals surface area contributed by atoms with E-state index in [2.05, 4.69) is 20.8 Å². The molecule has 0 nitrogen and oxygen atoms in total. The Morgan fingerprint density at radius 3 is 2.50 bits per heavy atom. The molecule has 3 radical (unpaired) electrons. The van der Waals surface area contributed by atoms with E-state index in [0.29, 0.717) is 0 Å². The van der Waals surface area contributed by atoms with Crippen molar-refractivity contribution in [1.29, 1.82) is 0 Å². The summed E-state index contributed by atoms with van der Waals surface area (Å²) in [5, 5.41) is 0. The van der Waals surface area contributed by atoms with Crippen molar-refractivity contribution in [3.8, 4) is 0 Å². The summed E-state index contributed by atoms with van der Waals surface area (Å²) in [6.07, 6.45) is 4.25. The summed E-state index contributed by atoms with van der Waals surface area (Å²) in [5.41, 5.74) is 0.883. The molecular weight excluding hydrogens is 162 g/mol. The summed E-state index contributed by atoms with van der Waals surface area (Å²) in [5.74, 6) is 2.71. The molecule has 0 heterocycles. The summed E-state index contributed by atoms with van der Waals surface area (Å²) in [6.45, 7) is 7.07. The van der Waals surface area contributed by atoms with E-state index in [4.69, 9.17) is 7.57 Å². The van der Waals surface area contributed by atoms with Crippen LogP contribution >= 0.6 is 8.46 Å². The van der Waals surface area contributed by atoms with Gasteiger partial charge in [-0.15, -0.1) is 0 Å². The third-order valence-electron chi connectivity index (χ3n) is 3.32. The van der Waals surface area contributed by atoms with Gasteiger partial charge in [-0.1, -0.05) is 27.2 Å². The zero-order chi connectivity index (χ0) is 9.14.